The van der Waals surface area contributed by atoms with Crippen molar-refractivity contribution in [3.8, 4) is 16.8 Å². The molecule has 7 aromatic carbocycles. The van der Waals surface area contributed by atoms with Crippen molar-refractivity contribution in [1.82, 2.24) is 9.88 Å². The van der Waals surface area contributed by atoms with Gasteiger partial charge in [0.25, 0.3) is 0 Å². The van der Waals surface area contributed by atoms with E-state index in [1.807, 2.05) is 12.2 Å². The Labute approximate surface area is 278 Å². The van der Waals surface area contributed by atoms with Gasteiger partial charge in [-0.25, -0.2) is 0 Å². The largest absolute Gasteiger partial charge is 0.354 e. The summed E-state index contributed by atoms with van der Waals surface area (Å²) in [4.78, 5) is 0. The smallest absolute Gasteiger partial charge is 0.103 e. The lowest BCUT2D eigenvalue weighted by Gasteiger charge is -2.26. The molecule has 4 heteroatoms. The highest BCUT2D eigenvalue weighted by molar-refractivity contribution is 6.19. The number of hydrogen-bond acceptors (Lipinski definition) is 2. The summed E-state index contributed by atoms with van der Waals surface area (Å²) >= 11 is 0. The van der Waals surface area contributed by atoms with Gasteiger partial charge in [0.05, 0.1) is 11.0 Å². The first-order chi connectivity index (χ1) is 23.7. The number of nitrogens with one attached hydrogen (secondary N) is 2. The quantitative estimate of drug-likeness (QED) is 0.0777. The minimum Gasteiger partial charge on any atom is -0.354 e. The van der Waals surface area contributed by atoms with Crippen molar-refractivity contribution in [3.63, 3.8) is 0 Å². The predicted molar refractivity (Wildman–Crippen MR) is 203 cm³/mol. The molecule has 0 spiro atoms. The second kappa shape index (κ2) is 11.4. The Balaban J connectivity index is 1.25. The van der Waals surface area contributed by atoms with E-state index < -0.39 is 6.17 Å². The van der Waals surface area contributed by atoms with E-state index in [1.54, 1.807) is 0 Å². The zero-order valence-electron chi connectivity index (χ0n) is 26.4. The first-order valence-electron chi connectivity index (χ1n) is 16.6. The highest BCUT2D eigenvalue weighted by atomic mass is 15.1. The molecule has 1 heterocycles. The molecule has 0 amide bonds. The molecule has 0 radical (unpaired) electrons. The van der Waals surface area contributed by atoms with Crippen LogP contribution < -0.4 is 11.1 Å². The predicted octanol–water partition coefficient (Wildman–Crippen LogP) is 10.6. The maximum absolute atomic E-state index is 8.93. The number of benzene rings is 7. The number of aromatic nitrogens is 1. The van der Waals surface area contributed by atoms with Crippen LogP contribution in [0.5, 0.6) is 0 Å². The van der Waals surface area contributed by atoms with Gasteiger partial charge in [-0.15, -0.1) is 0 Å². The van der Waals surface area contributed by atoms with E-state index in [1.165, 1.54) is 38.0 Å². The van der Waals surface area contributed by atoms with Gasteiger partial charge in [-0.3, -0.25) is 5.41 Å². The SMILES string of the molecule is N=C(NC(N)c1c(-c2ccc(-n3c4ccccc4c4ccc5ccccc5c43)cc2)c2ccccc2c2ccccc12)C1C=CC=CC1. The Kier molecular flexibility index (Phi) is 6.70. The Bertz CT molecular complexity index is 2600. The number of hydrogen-bond donors (Lipinski definition) is 3. The van der Waals surface area contributed by atoms with E-state index >= 15 is 0 Å². The van der Waals surface area contributed by atoms with Crippen LogP contribution in [-0.2, 0) is 0 Å². The summed E-state index contributed by atoms with van der Waals surface area (Å²) in [7, 11) is 0. The molecular formula is C44H34N4. The van der Waals surface area contributed by atoms with Crippen LogP contribution in [0.1, 0.15) is 18.2 Å². The van der Waals surface area contributed by atoms with Gasteiger partial charge in [-0.1, -0.05) is 140 Å². The Hall–Kier alpha value is -5.97. The molecule has 230 valence electrons. The van der Waals surface area contributed by atoms with Crippen LogP contribution in [0.25, 0.3) is 70.9 Å². The minimum atomic E-state index is -0.579. The van der Waals surface area contributed by atoms with Crippen molar-refractivity contribution >= 4 is 60.0 Å². The fourth-order valence-electron chi connectivity index (χ4n) is 7.72. The summed E-state index contributed by atoms with van der Waals surface area (Å²) in [6.45, 7) is 0. The maximum Gasteiger partial charge on any atom is 0.103 e. The van der Waals surface area contributed by atoms with E-state index in [9.17, 15) is 0 Å². The van der Waals surface area contributed by atoms with E-state index in [0.717, 1.165) is 45.0 Å². The van der Waals surface area contributed by atoms with E-state index in [-0.39, 0.29) is 5.92 Å². The average molecular weight is 619 g/mol. The molecule has 4 nitrogen and oxygen atoms in total. The highest BCUT2D eigenvalue weighted by Gasteiger charge is 2.23. The molecule has 1 aliphatic rings. The molecule has 0 fully saturated rings. The molecule has 0 saturated heterocycles. The Morgan fingerprint density at radius 2 is 1.29 bits per heavy atom. The Morgan fingerprint density at radius 3 is 2.04 bits per heavy atom. The van der Waals surface area contributed by atoms with Crippen LogP contribution >= 0.6 is 0 Å². The molecule has 8 aromatic rings. The lowest BCUT2D eigenvalue weighted by atomic mass is 9.86. The molecule has 4 N–H and O–H groups in total. The molecule has 9 rings (SSSR count). The Morgan fingerprint density at radius 1 is 0.646 bits per heavy atom. The van der Waals surface area contributed by atoms with Crippen LogP contribution in [0, 0.1) is 11.3 Å². The molecule has 1 aliphatic carbocycles. The van der Waals surface area contributed by atoms with Crippen molar-refractivity contribution in [3.05, 3.63) is 163 Å². The monoisotopic (exact) mass is 618 g/mol. The van der Waals surface area contributed by atoms with Gasteiger partial charge in [0.15, 0.2) is 0 Å². The van der Waals surface area contributed by atoms with Gasteiger partial charge in [0.2, 0.25) is 0 Å². The second-order valence-corrected chi connectivity index (χ2v) is 12.7. The van der Waals surface area contributed by atoms with Crippen molar-refractivity contribution in [2.75, 3.05) is 0 Å². The normalized spacial score (nSPS) is 15.1. The van der Waals surface area contributed by atoms with Gasteiger partial charge in [0, 0.05) is 33.3 Å². The van der Waals surface area contributed by atoms with Gasteiger partial charge in [-0.2, -0.15) is 0 Å². The fraction of sp³-hybridized carbons (Fsp3) is 0.0682. The molecule has 48 heavy (non-hydrogen) atoms. The molecule has 0 aliphatic heterocycles. The fourth-order valence-corrected chi connectivity index (χ4v) is 7.72. The number of rotatable bonds is 5. The zero-order chi connectivity index (χ0) is 32.2. The molecular weight excluding hydrogens is 585 g/mol. The summed E-state index contributed by atoms with van der Waals surface area (Å²) in [6, 6.07) is 47.8. The lowest BCUT2D eigenvalue weighted by molar-refractivity contribution is 0.653. The second-order valence-electron chi connectivity index (χ2n) is 12.7. The number of nitrogens with zero attached hydrogens (tertiary/aromatic N) is 1. The number of nitrogens with two attached hydrogens (primary N) is 1. The molecule has 0 bridgehead atoms. The van der Waals surface area contributed by atoms with Crippen LogP contribution in [0.4, 0.5) is 0 Å². The average Bonchev–Trinajstić information content (AvgIpc) is 3.49. The van der Waals surface area contributed by atoms with Gasteiger partial charge < -0.3 is 15.6 Å². The minimum absolute atomic E-state index is 0.0159. The zero-order valence-corrected chi connectivity index (χ0v) is 26.4. The van der Waals surface area contributed by atoms with E-state index in [0.29, 0.717) is 5.84 Å². The maximum atomic E-state index is 8.93. The van der Waals surface area contributed by atoms with Crippen LogP contribution in [-0.4, -0.2) is 10.4 Å². The summed E-state index contributed by atoms with van der Waals surface area (Å²) in [6.07, 6.45) is 8.42. The first kappa shape index (κ1) is 28.3. The number of para-hydroxylation sites is 1. The summed E-state index contributed by atoms with van der Waals surface area (Å²) in [5.74, 6) is 0.415. The molecule has 2 atom stereocenters. The highest BCUT2D eigenvalue weighted by Crippen LogP contribution is 2.42. The van der Waals surface area contributed by atoms with Crippen molar-refractivity contribution in [2.45, 2.75) is 12.6 Å². The van der Waals surface area contributed by atoms with Gasteiger partial charge in [-0.05, 0) is 62.7 Å². The van der Waals surface area contributed by atoms with Gasteiger partial charge >= 0.3 is 0 Å². The standard InChI is InChI=1S/C44H34N4/c45-43(30-13-2-1-3-14-30)47-44(46)41-37-20-9-7-17-34(37)33-16-6-8-19-36(33)40(41)29-22-25-31(26-23-29)48-39-21-11-10-18-35(39)38-27-24-28-12-4-5-15-32(28)42(38)48/h1-13,15-27,30,44H,14,46H2,(H2,45,47). The van der Waals surface area contributed by atoms with Crippen molar-refractivity contribution in [2.24, 2.45) is 11.7 Å². The topological polar surface area (TPSA) is 66.8 Å². The first-order valence-corrected chi connectivity index (χ1v) is 16.6. The van der Waals surface area contributed by atoms with Crippen LogP contribution in [0.15, 0.2) is 158 Å². The van der Waals surface area contributed by atoms with Crippen molar-refractivity contribution in [1.29, 1.82) is 5.41 Å². The van der Waals surface area contributed by atoms with E-state index in [4.69, 9.17) is 11.1 Å². The number of allylic oxidation sites excluding steroid dienone is 3. The van der Waals surface area contributed by atoms with Crippen molar-refractivity contribution < 1.29 is 0 Å². The van der Waals surface area contributed by atoms with Gasteiger partial charge in [0.1, 0.15) is 12.0 Å². The van der Waals surface area contributed by atoms with Crippen LogP contribution in [0.3, 0.4) is 0 Å². The van der Waals surface area contributed by atoms with Crippen LogP contribution in [0.2, 0.25) is 0 Å². The molecule has 2 unspecified atom stereocenters. The third-order valence-corrected chi connectivity index (χ3v) is 9.92. The summed E-state index contributed by atoms with van der Waals surface area (Å²) in [5.41, 5.74) is 13.8. The lowest BCUT2D eigenvalue weighted by Crippen LogP contribution is -2.37. The molecule has 1 aromatic heterocycles. The number of fused-ring (bicyclic) bond motifs is 8. The molecule has 0 saturated carbocycles. The third-order valence-electron chi connectivity index (χ3n) is 9.92. The number of amidine groups is 1. The summed E-state index contributed by atoms with van der Waals surface area (Å²) in [5, 5.41) is 21.9. The summed E-state index contributed by atoms with van der Waals surface area (Å²) < 4.78 is 2.40. The third kappa shape index (κ3) is 4.45. The van der Waals surface area contributed by atoms with E-state index in [2.05, 4.69) is 155 Å².